The number of ether oxygens (including phenoxy) is 1. The molecule has 1 aromatic rings. The molecule has 1 atom stereocenters. The van der Waals surface area contributed by atoms with Gasteiger partial charge < -0.3 is 19.4 Å². The van der Waals surface area contributed by atoms with Crippen LogP contribution in [0.25, 0.3) is 0 Å². The first kappa shape index (κ1) is 17.9. The minimum Gasteiger partial charge on any atom is -0.378 e. The first-order valence-corrected chi connectivity index (χ1v) is 9.41. The van der Waals surface area contributed by atoms with Crippen molar-refractivity contribution in [3.8, 4) is 0 Å². The Kier molecular flexibility index (Phi) is 4.82. The van der Waals surface area contributed by atoms with Crippen LogP contribution in [0.5, 0.6) is 0 Å². The van der Waals surface area contributed by atoms with Crippen molar-refractivity contribution in [1.82, 2.24) is 19.7 Å². The average molecular weight is 372 g/mol. The second-order valence-corrected chi connectivity index (χ2v) is 7.44. The first-order chi connectivity index (χ1) is 13.0. The Morgan fingerprint density at radius 2 is 1.85 bits per heavy atom. The van der Waals surface area contributed by atoms with E-state index in [2.05, 4.69) is 4.98 Å². The number of hydrogen-bond acceptors (Lipinski definition) is 5. The maximum atomic E-state index is 12.6. The van der Waals surface area contributed by atoms with Crippen molar-refractivity contribution >= 4 is 17.7 Å². The van der Waals surface area contributed by atoms with Crippen molar-refractivity contribution in [2.45, 2.75) is 19.4 Å². The van der Waals surface area contributed by atoms with Crippen LogP contribution in [0, 0.1) is 12.8 Å². The monoisotopic (exact) mass is 372 g/mol. The van der Waals surface area contributed by atoms with Gasteiger partial charge in [-0.3, -0.25) is 19.4 Å². The molecule has 0 spiro atoms. The van der Waals surface area contributed by atoms with Crippen molar-refractivity contribution in [3.63, 3.8) is 0 Å². The molecule has 0 radical (unpaired) electrons. The summed E-state index contributed by atoms with van der Waals surface area (Å²) in [5, 5.41) is 0. The Balaban J connectivity index is 1.31. The summed E-state index contributed by atoms with van der Waals surface area (Å²) in [5.74, 6) is -0.282. The first-order valence-electron chi connectivity index (χ1n) is 9.41. The summed E-state index contributed by atoms with van der Waals surface area (Å²) >= 11 is 0. The summed E-state index contributed by atoms with van der Waals surface area (Å²) in [7, 11) is 0. The summed E-state index contributed by atoms with van der Waals surface area (Å²) in [5.41, 5.74) is 1.43. The third-order valence-electron chi connectivity index (χ3n) is 5.58. The molecule has 144 valence electrons. The number of rotatable bonds is 3. The zero-order valence-electron chi connectivity index (χ0n) is 15.5. The predicted octanol–water partition coefficient (Wildman–Crippen LogP) is -0.0783. The highest BCUT2D eigenvalue weighted by Crippen LogP contribution is 2.27. The second-order valence-electron chi connectivity index (χ2n) is 7.44. The number of pyridine rings is 1. The van der Waals surface area contributed by atoms with E-state index in [9.17, 15) is 14.4 Å². The quantitative estimate of drug-likeness (QED) is 0.741. The fraction of sp³-hybridized carbons (Fsp3) is 0.579. The van der Waals surface area contributed by atoms with Gasteiger partial charge in [0.15, 0.2) is 0 Å². The lowest BCUT2D eigenvalue weighted by Gasteiger charge is -2.44. The van der Waals surface area contributed by atoms with Gasteiger partial charge in [0.05, 0.1) is 30.7 Å². The van der Waals surface area contributed by atoms with E-state index >= 15 is 0 Å². The third kappa shape index (κ3) is 3.53. The number of carbonyl (C=O) groups is 3. The van der Waals surface area contributed by atoms with Crippen molar-refractivity contribution in [3.05, 3.63) is 29.6 Å². The molecule has 3 saturated heterocycles. The highest BCUT2D eigenvalue weighted by Gasteiger charge is 2.44. The lowest BCUT2D eigenvalue weighted by Crippen LogP contribution is -2.61. The molecule has 4 rings (SSSR count). The van der Waals surface area contributed by atoms with Crippen LogP contribution < -0.4 is 0 Å². The van der Waals surface area contributed by atoms with Crippen LogP contribution in [0.4, 0.5) is 0 Å². The third-order valence-corrected chi connectivity index (χ3v) is 5.58. The second kappa shape index (κ2) is 7.26. The van der Waals surface area contributed by atoms with Crippen LogP contribution >= 0.6 is 0 Å². The molecule has 0 aliphatic carbocycles. The summed E-state index contributed by atoms with van der Waals surface area (Å²) < 4.78 is 5.28. The molecule has 0 N–H and O–H groups in total. The molecule has 3 amide bonds. The fourth-order valence-corrected chi connectivity index (χ4v) is 3.89. The van der Waals surface area contributed by atoms with Crippen LogP contribution in [-0.4, -0.2) is 89.4 Å². The molecule has 1 unspecified atom stereocenters. The minimum absolute atomic E-state index is 0.00217. The fourth-order valence-electron chi connectivity index (χ4n) is 3.89. The number of hydrogen-bond donors (Lipinski definition) is 0. The lowest BCUT2D eigenvalue weighted by molar-refractivity contribution is -0.139. The minimum atomic E-state index is -0.276. The average Bonchev–Trinajstić information content (AvgIpc) is 3.02. The number of aryl methyl sites for hydroxylation is 1. The summed E-state index contributed by atoms with van der Waals surface area (Å²) in [4.78, 5) is 47.0. The Morgan fingerprint density at radius 1 is 1.11 bits per heavy atom. The molecule has 0 aromatic carbocycles. The molecule has 3 fully saturated rings. The topological polar surface area (TPSA) is 83.0 Å². The Hall–Kier alpha value is -2.48. The van der Waals surface area contributed by atoms with E-state index in [0.29, 0.717) is 51.5 Å². The Bertz CT molecular complexity index is 739. The molecular formula is C19H24N4O4. The molecule has 27 heavy (non-hydrogen) atoms. The number of morpholine rings is 1. The zero-order valence-corrected chi connectivity index (χ0v) is 15.5. The van der Waals surface area contributed by atoms with Crippen LogP contribution in [-0.2, 0) is 14.3 Å². The van der Waals surface area contributed by atoms with Crippen LogP contribution in [0.15, 0.2) is 18.3 Å². The number of amides is 3. The van der Waals surface area contributed by atoms with E-state index < -0.39 is 0 Å². The maximum absolute atomic E-state index is 12.6. The van der Waals surface area contributed by atoms with Crippen molar-refractivity contribution in [2.75, 3.05) is 45.9 Å². The molecule has 8 nitrogen and oxygen atoms in total. The molecule has 3 aliphatic heterocycles. The highest BCUT2D eigenvalue weighted by molar-refractivity contribution is 5.95. The van der Waals surface area contributed by atoms with Crippen LogP contribution in [0.1, 0.15) is 22.5 Å². The van der Waals surface area contributed by atoms with E-state index in [1.807, 2.05) is 13.0 Å². The van der Waals surface area contributed by atoms with E-state index in [1.165, 1.54) is 0 Å². The van der Waals surface area contributed by atoms with Gasteiger partial charge in [0.25, 0.3) is 5.91 Å². The molecule has 0 bridgehead atoms. The standard InChI is InChI=1S/C19H24N4O4/c1-13-2-3-14(9-20-13)18(25)22-11-16(12-22)23-10-15(8-17(23)24)19(26)21-4-6-27-7-5-21/h2-3,9,15-16H,4-8,10-12H2,1H3. The molecule has 4 heterocycles. The highest BCUT2D eigenvalue weighted by atomic mass is 16.5. The van der Waals surface area contributed by atoms with Crippen molar-refractivity contribution in [2.24, 2.45) is 5.92 Å². The number of nitrogens with zero attached hydrogens (tertiary/aromatic N) is 4. The summed E-state index contributed by atoms with van der Waals surface area (Å²) in [6.07, 6.45) is 1.85. The van der Waals surface area contributed by atoms with E-state index in [-0.39, 0.29) is 36.1 Å². The smallest absolute Gasteiger partial charge is 0.255 e. The number of likely N-dealkylation sites (tertiary alicyclic amines) is 2. The van der Waals surface area contributed by atoms with Gasteiger partial charge in [0.2, 0.25) is 11.8 Å². The number of aromatic nitrogens is 1. The summed E-state index contributed by atoms with van der Waals surface area (Å²) in [6.45, 7) is 5.66. The molecule has 1 aromatic heterocycles. The largest absolute Gasteiger partial charge is 0.378 e. The van der Waals surface area contributed by atoms with Gasteiger partial charge in [-0.15, -0.1) is 0 Å². The normalized spacial score (nSPS) is 23.5. The molecule has 8 heteroatoms. The molecule has 3 aliphatic rings. The van der Waals surface area contributed by atoms with Gasteiger partial charge in [-0.05, 0) is 19.1 Å². The van der Waals surface area contributed by atoms with Crippen LogP contribution in [0.3, 0.4) is 0 Å². The van der Waals surface area contributed by atoms with Gasteiger partial charge in [-0.2, -0.15) is 0 Å². The Labute approximate surface area is 158 Å². The lowest BCUT2D eigenvalue weighted by atomic mass is 10.0. The van der Waals surface area contributed by atoms with Gasteiger partial charge in [0.1, 0.15) is 0 Å². The van der Waals surface area contributed by atoms with Crippen LogP contribution in [0.2, 0.25) is 0 Å². The molecular weight excluding hydrogens is 348 g/mol. The van der Waals surface area contributed by atoms with Gasteiger partial charge in [-0.1, -0.05) is 0 Å². The van der Waals surface area contributed by atoms with Gasteiger partial charge in [0, 0.05) is 51.0 Å². The SMILES string of the molecule is Cc1ccc(C(=O)N2CC(N3CC(C(=O)N4CCOCC4)CC3=O)C2)cn1. The maximum Gasteiger partial charge on any atom is 0.255 e. The molecule has 0 saturated carbocycles. The van der Waals surface area contributed by atoms with E-state index in [4.69, 9.17) is 4.74 Å². The van der Waals surface area contributed by atoms with E-state index in [0.717, 1.165) is 5.69 Å². The predicted molar refractivity (Wildman–Crippen MR) is 95.9 cm³/mol. The van der Waals surface area contributed by atoms with Crippen molar-refractivity contribution in [1.29, 1.82) is 0 Å². The number of carbonyl (C=O) groups excluding carboxylic acids is 3. The van der Waals surface area contributed by atoms with Gasteiger partial charge >= 0.3 is 0 Å². The Morgan fingerprint density at radius 3 is 2.52 bits per heavy atom. The zero-order chi connectivity index (χ0) is 19.0. The van der Waals surface area contributed by atoms with E-state index in [1.54, 1.807) is 27.0 Å². The van der Waals surface area contributed by atoms with Crippen molar-refractivity contribution < 1.29 is 19.1 Å². The summed E-state index contributed by atoms with van der Waals surface area (Å²) in [6, 6.07) is 3.59. The van der Waals surface area contributed by atoms with Gasteiger partial charge in [-0.25, -0.2) is 0 Å².